The third-order valence-corrected chi connectivity index (χ3v) is 9.43. The van der Waals surface area contributed by atoms with Gasteiger partial charge in [0.15, 0.2) is 0 Å². The Balaban J connectivity index is 1.59. The van der Waals surface area contributed by atoms with E-state index in [-0.39, 0.29) is 27.7 Å². The molecule has 2 bridgehead atoms. The van der Waals surface area contributed by atoms with Crippen molar-refractivity contribution in [3.63, 3.8) is 0 Å². The summed E-state index contributed by atoms with van der Waals surface area (Å²) in [6, 6.07) is 13.5. The molecule has 2 fully saturated rings. The molecule has 0 saturated heterocycles. The molecule has 2 aliphatic rings. The predicted molar refractivity (Wildman–Crippen MR) is 122 cm³/mol. The lowest BCUT2D eigenvalue weighted by atomic mass is 9.68. The van der Waals surface area contributed by atoms with Crippen LogP contribution in [0.3, 0.4) is 0 Å². The van der Waals surface area contributed by atoms with Crippen LogP contribution in [0.5, 0.6) is 0 Å². The van der Waals surface area contributed by atoms with Crippen LogP contribution in [0.4, 0.5) is 5.69 Å². The van der Waals surface area contributed by atoms with Crippen LogP contribution in [0.15, 0.2) is 57.9 Å². The molecule has 0 radical (unpaired) electrons. The number of fused-ring (bicyclic) bond motifs is 2. The average Bonchev–Trinajstić information content (AvgIpc) is 3.17. The minimum absolute atomic E-state index is 0.0296. The zero-order valence-electron chi connectivity index (χ0n) is 17.4. The van der Waals surface area contributed by atoms with Crippen LogP contribution in [0, 0.1) is 16.7 Å². The van der Waals surface area contributed by atoms with Crippen molar-refractivity contribution in [2.45, 2.75) is 51.0 Å². The topological polar surface area (TPSA) is 75.3 Å². The summed E-state index contributed by atoms with van der Waals surface area (Å²) >= 11 is 3.32. The second-order valence-corrected chi connectivity index (χ2v) is 11.9. The number of para-hydroxylation sites is 1. The Morgan fingerprint density at radius 2 is 1.80 bits per heavy atom. The first-order valence-corrected chi connectivity index (χ1v) is 12.5. The number of sulfonamides is 1. The highest BCUT2D eigenvalue weighted by Crippen LogP contribution is 2.62. The van der Waals surface area contributed by atoms with Crippen molar-refractivity contribution in [3.8, 4) is 0 Å². The van der Waals surface area contributed by atoms with Gasteiger partial charge in [-0.1, -0.05) is 39.0 Å². The van der Waals surface area contributed by atoms with Crippen LogP contribution in [0.1, 0.15) is 50.4 Å². The van der Waals surface area contributed by atoms with E-state index < -0.39 is 10.0 Å². The molecule has 3 atom stereocenters. The van der Waals surface area contributed by atoms with Gasteiger partial charge in [0.1, 0.15) is 4.90 Å². The number of nitrogens with one attached hydrogen (secondary N) is 2. The van der Waals surface area contributed by atoms with Gasteiger partial charge < -0.3 is 5.32 Å². The van der Waals surface area contributed by atoms with Crippen LogP contribution in [0.2, 0.25) is 0 Å². The SMILES string of the molecule is CC1(C)C(NC(=O)c2ccc(Br)c(S(=O)(=O)Nc3ccccc3)c2)[C@@]2(C)CC[C@H]1C2. The first-order valence-electron chi connectivity index (χ1n) is 10.2. The molecule has 30 heavy (non-hydrogen) atoms. The van der Waals surface area contributed by atoms with Gasteiger partial charge >= 0.3 is 0 Å². The van der Waals surface area contributed by atoms with E-state index in [0.717, 1.165) is 12.8 Å². The highest BCUT2D eigenvalue weighted by molar-refractivity contribution is 9.10. The molecular weight excluding hydrogens is 464 g/mol. The van der Waals surface area contributed by atoms with Crippen molar-refractivity contribution in [1.82, 2.24) is 5.32 Å². The smallest absolute Gasteiger partial charge is 0.263 e. The Morgan fingerprint density at radius 3 is 2.43 bits per heavy atom. The lowest BCUT2D eigenvalue weighted by Gasteiger charge is -2.43. The van der Waals surface area contributed by atoms with Crippen LogP contribution in [0.25, 0.3) is 0 Å². The molecule has 1 amide bonds. The zero-order valence-corrected chi connectivity index (χ0v) is 19.8. The van der Waals surface area contributed by atoms with Crippen LogP contribution >= 0.6 is 15.9 Å². The van der Waals surface area contributed by atoms with E-state index in [1.165, 1.54) is 12.5 Å². The molecule has 0 aliphatic heterocycles. The standard InChI is InChI=1S/C23H27BrN2O3S/c1-22(2)16-11-12-23(3,14-16)21(22)25-20(27)15-9-10-18(24)19(13-15)30(28,29)26-17-7-5-4-6-8-17/h4-10,13,16,21,26H,11-12,14H2,1-3H3,(H,25,27)/t16-,21?,23-/m0/s1. The molecular formula is C23H27BrN2O3S. The lowest BCUT2D eigenvalue weighted by molar-refractivity contribution is 0.0737. The van der Waals surface area contributed by atoms with Gasteiger partial charge in [-0.3, -0.25) is 9.52 Å². The molecule has 2 aliphatic carbocycles. The second-order valence-electron chi connectivity index (χ2n) is 9.44. The maximum absolute atomic E-state index is 13.1. The summed E-state index contributed by atoms with van der Waals surface area (Å²) in [6.07, 6.45) is 3.46. The second kappa shape index (κ2) is 7.38. The first kappa shape index (κ1) is 21.4. The van der Waals surface area contributed by atoms with Crippen molar-refractivity contribution >= 4 is 37.5 Å². The van der Waals surface area contributed by atoms with Gasteiger partial charge in [0.25, 0.3) is 15.9 Å². The third-order valence-electron chi connectivity index (χ3n) is 7.05. The minimum atomic E-state index is -3.85. The number of rotatable bonds is 5. The fourth-order valence-electron chi connectivity index (χ4n) is 5.44. The van der Waals surface area contributed by atoms with Gasteiger partial charge in [0.05, 0.1) is 0 Å². The number of halogens is 1. The Hall–Kier alpha value is -1.86. The van der Waals surface area contributed by atoms with Gasteiger partial charge in [-0.2, -0.15) is 0 Å². The largest absolute Gasteiger partial charge is 0.348 e. The number of carbonyl (C=O) groups excluding carboxylic acids is 1. The molecule has 4 rings (SSSR count). The van der Waals surface area contributed by atoms with E-state index in [0.29, 0.717) is 21.6 Å². The van der Waals surface area contributed by atoms with Gasteiger partial charge in [-0.25, -0.2) is 8.42 Å². The van der Waals surface area contributed by atoms with E-state index in [4.69, 9.17) is 0 Å². The number of anilines is 1. The van der Waals surface area contributed by atoms with Crippen molar-refractivity contribution in [2.24, 2.45) is 16.7 Å². The highest BCUT2D eigenvalue weighted by Gasteiger charge is 2.59. The van der Waals surface area contributed by atoms with Crippen LogP contribution in [-0.2, 0) is 10.0 Å². The maximum atomic E-state index is 13.1. The van der Waals surface area contributed by atoms with Gasteiger partial charge in [-0.15, -0.1) is 0 Å². The molecule has 2 aromatic carbocycles. The Morgan fingerprint density at radius 1 is 1.10 bits per heavy atom. The molecule has 7 heteroatoms. The molecule has 2 saturated carbocycles. The van der Waals surface area contributed by atoms with Crippen molar-refractivity contribution in [1.29, 1.82) is 0 Å². The molecule has 160 valence electrons. The first-order chi connectivity index (χ1) is 14.0. The summed E-state index contributed by atoms with van der Waals surface area (Å²) in [5.74, 6) is 0.384. The Labute approximate surface area is 186 Å². The lowest BCUT2D eigenvalue weighted by Crippen LogP contribution is -2.52. The minimum Gasteiger partial charge on any atom is -0.348 e. The molecule has 0 aromatic heterocycles. The fraction of sp³-hybridized carbons (Fsp3) is 0.435. The summed E-state index contributed by atoms with van der Waals surface area (Å²) < 4.78 is 28.8. The van der Waals surface area contributed by atoms with Crippen LogP contribution in [-0.4, -0.2) is 20.4 Å². The van der Waals surface area contributed by atoms with Gasteiger partial charge in [0.2, 0.25) is 0 Å². The summed E-state index contributed by atoms with van der Waals surface area (Å²) in [5, 5.41) is 3.24. The Bertz CT molecular complexity index is 1080. The number of hydrogen-bond donors (Lipinski definition) is 2. The molecule has 2 aromatic rings. The highest BCUT2D eigenvalue weighted by atomic mass is 79.9. The normalized spacial score (nSPS) is 27.1. The number of hydrogen-bond acceptors (Lipinski definition) is 3. The number of amides is 1. The van der Waals surface area contributed by atoms with Gasteiger partial charge in [0, 0.05) is 21.8 Å². The summed E-state index contributed by atoms with van der Waals surface area (Å²) in [4.78, 5) is 13.2. The molecule has 2 N–H and O–H groups in total. The van der Waals surface area contributed by atoms with Crippen molar-refractivity contribution < 1.29 is 13.2 Å². The zero-order chi connectivity index (χ0) is 21.7. The monoisotopic (exact) mass is 490 g/mol. The van der Waals surface area contributed by atoms with E-state index in [1.807, 2.05) is 6.07 Å². The molecule has 5 nitrogen and oxygen atoms in total. The van der Waals surface area contributed by atoms with Crippen molar-refractivity contribution in [2.75, 3.05) is 4.72 Å². The average molecular weight is 491 g/mol. The van der Waals surface area contributed by atoms with E-state index in [9.17, 15) is 13.2 Å². The summed E-state index contributed by atoms with van der Waals surface area (Å²) in [7, 11) is -3.85. The van der Waals surface area contributed by atoms with Crippen molar-refractivity contribution in [3.05, 3.63) is 58.6 Å². The summed E-state index contributed by atoms with van der Waals surface area (Å²) in [5.41, 5.74) is 0.940. The third kappa shape index (κ3) is 3.66. The van der Waals surface area contributed by atoms with E-state index in [1.54, 1.807) is 36.4 Å². The molecule has 0 spiro atoms. The summed E-state index contributed by atoms with van der Waals surface area (Å²) in [6.45, 7) is 6.72. The van der Waals surface area contributed by atoms with E-state index in [2.05, 4.69) is 46.7 Å². The predicted octanol–water partition coefficient (Wildman–Crippen LogP) is 5.19. The molecule has 1 unspecified atom stereocenters. The fourth-order valence-corrected chi connectivity index (χ4v) is 7.49. The van der Waals surface area contributed by atoms with E-state index >= 15 is 0 Å². The number of carbonyl (C=O) groups is 1. The molecule has 0 heterocycles. The quantitative estimate of drug-likeness (QED) is 0.604. The maximum Gasteiger partial charge on any atom is 0.263 e. The van der Waals surface area contributed by atoms with Gasteiger partial charge in [-0.05, 0) is 82.3 Å². The Kier molecular flexibility index (Phi) is 5.26. The number of benzene rings is 2. The van der Waals surface area contributed by atoms with Crippen LogP contribution < -0.4 is 10.0 Å².